The van der Waals surface area contributed by atoms with Gasteiger partial charge >= 0.3 is 0 Å². The third-order valence-corrected chi connectivity index (χ3v) is 3.40. The van der Waals surface area contributed by atoms with E-state index in [9.17, 15) is 0 Å². The minimum atomic E-state index is 0.671. The third kappa shape index (κ3) is 3.62. The molecule has 2 heterocycles. The van der Waals surface area contributed by atoms with E-state index in [0.717, 1.165) is 42.1 Å². The van der Waals surface area contributed by atoms with Crippen LogP contribution in [0.25, 0.3) is 11.0 Å². The normalized spacial score (nSPS) is 11.0. The standard InChI is InChI=1S/C17H20N4O/c1-2-22-14-5-6-15-16(10-14)21-17(20-15)7-9-19-12-13-4-3-8-18-11-13/h3-6,8,10-11,19H,2,7,9,12H2,1H3,(H,20,21). The van der Waals surface area contributed by atoms with Crippen molar-refractivity contribution in [3.63, 3.8) is 0 Å². The van der Waals surface area contributed by atoms with Crippen LogP contribution < -0.4 is 10.1 Å². The molecule has 0 radical (unpaired) electrons. The summed E-state index contributed by atoms with van der Waals surface area (Å²) in [7, 11) is 0. The molecule has 0 bridgehead atoms. The van der Waals surface area contributed by atoms with Gasteiger partial charge in [0.1, 0.15) is 11.6 Å². The molecule has 0 spiro atoms. The van der Waals surface area contributed by atoms with Crippen molar-refractivity contribution in [3.05, 3.63) is 54.1 Å². The molecule has 3 aromatic rings. The first-order valence-corrected chi connectivity index (χ1v) is 7.56. The SMILES string of the molecule is CCOc1ccc2nc(CCNCc3cccnc3)[nH]c2c1. The third-order valence-electron chi connectivity index (χ3n) is 3.40. The molecule has 5 heteroatoms. The molecule has 2 N–H and O–H groups in total. The molecule has 3 rings (SSSR count). The maximum atomic E-state index is 5.50. The Bertz CT molecular complexity index is 724. The van der Waals surface area contributed by atoms with E-state index in [1.807, 2.05) is 37.4 Å². The highest BCUT2D eigenvalue weighted by Gasteiger charge is 2.04. The summed E-state index contributed by atoms with van der Waals surface area (Å²) >= 11 is 0. The lowest BCUT2D eigenvalue weighted by Crippen LogP contribution is -2.17. The van der Waals surface area contributed by atoms with Crippen molar-refractivity contribution in [2.75, 3.05) is 13.2 Å². The van der Waals surface area contributed by atoms with Crippen LogP contribution in [0, 0.1) is 0 Å². The summed E-state index contributed by atoms with van der Waals surface area (Å²) in [4.78, 5) is 12.0. The Hall–Kier alpha value is -2.40. The van der Waals surface area contributed by atoms with E-state index in [-0.39, 0.29) is 0 Å². The van der Waals surface area contributed by atoms with E-state index < -0.39 is 0 Å². The van der Waals surface area contributed by atoms with Crippen molar-refractivity contribution in [1.82, 2.24) is 20.3 Å². The maximum Gasteiger partial charge on any atom is 0.121 e. The van der Waals surface area contributed by atoms with Gasteiger partial charge in [0.25, 0.3) is 0 Å². The lowest BCUT2D eigenvalue weighted by atomic mass is 10.3. The number of hydrogen-bond acceptors (Lipinski definition) is 4. The van der Waals surface area contributed by atoms with Crippen LogP contribution in [0.2, 0.25) is 0 Å². The Balaban J connectivity index is 1.55. The first kappa shape index (κ1) is 14.5. The van der Waals surface area contributed by atoms with Gasteiger partial charge in [-0.3, -0.25) is 4.98 Å². The van der Waals surface area contributed by atoms with Gasteiger partial charge < -0.3 is 15.0 Å². The summed E-state index contributed by atoms with van der Waals surface area (Å²) in [5, 5.41) is 3.40. The summed E-state index contributed by atoms with van der Waals surface area (Å²) in [6.45, 7) is 4.34. The van der Waals surface area contributed by atoms with Gasteiger partial charge in [-0.2, -0.15) is 0 Å². The van der Waals surface area contributed by atoms with Gasteiger partial charge in [-0.15, -0.1) is 0 Å². The highest BCUT2D eigenvalue weighted by Crippen LogP contribution is 2.19. The topological polar surface area (TPSA) is 62.8 Å². The Kier molecular flexibility index (Phi) is 4.65. The quantitative estimate of drug-likeness (QED) is 0.658. The van der Waals surface area contributed by atoms with E-state index >= 15 is 0 Å². The number of benzene rings is 1. The number of aromatic amines is 1. The smallest absolute Gasteiger partial charge is 0.121 e. The predicted molar refractivity (Wildman–Crippen MR) is 86.9 cm³/mol. The number of nitrogens with one attached hydrogen (secondary N) is 2. The summed E-state index contributed by atoms with van der Waals surface area (Å²) < 4.78 is 5.50. The van der Waals surface area contributed by atoms with Crippen LogP contribution in [-0.2, 0) is 13.0 Å². The molecule has 0 unspecified atom stereocenters. The number of pyridine rings is 1. The Morgan fingerprint density at radius 2 is 2.23 bits per heavy atom. The van der Waals surface area contributed by atoms with Gasteiger partial charge in [-0.25, -0.2) is 4.98 Å². The first-order valence-electron chi connectivity index (χ1n) is 7.56. The van der Waals surface area contributed by atoms with Crippen LogP contribution >= 0.6 is 0 Å². The number of aromatic nitrogens is 3. The maximum absolute atomic E-state index is 5.50. The van der Waals surface area contributed by atoms with E-state index in [2.05, 4.69) is 26.3 Å². The van der Waals surface area contributed by atoms with Crippen molar-refractivity contribution in [2.24, 2.45) is 0 Å². The molecule has 0 atom stereocenters. The van der Waals surface area contributed by atoms with Gasteiger partial charge in [0, 0.05) is 38.0 Å². The number of H-pyrrole nitrogens is 1. The molecule has 0 fully saturated rings. The number of ether oxygens (including phenoxy) is 1. The van der Waals surface area contributed by atoms with Crippen molar-refractivity contribution >= 4 is 11.0 Å². The Morgan fingerprint density at radius 3 is 3.05 bits per heavy atom. The van der Waals surface area contributed by atoms with E-state index in [1.165, 1.54) is 5.56 Å². The molecule has 0 amide bonds. The van der Waals surface area contributed by atoms with Crippen molar-refractivity contribution < 1.29 is 4.74 Å². The van der Waals surface area contributed by atoms with Crippen LogP contribution in [0.3, 0.4) is 0 Å². The van der Waals surface area contributed by atoms with Gasteiger partial charge in [0.15, 0.2) is 0 Å². The number of fused-ring (bicyclic) bond motifs is 1. The average molecular weight is 296 g/mol. The zero-order valence-electron chi connectivity index (χ0n) is 12.7. The van der Waals surface area contributed by atoms with Gasteiger partial charge in [0.2, 0.25) is 0 Å². The zero-order chi connectivity index (χ0) is 15.2. The van der Waals surface area contributed by atoms with Gasteiger partial charge in [-0.05, 0) is 30.7 Å². The molecule has 0 aliphatic rings. The van der Waals surface area contributed by atoms with Crippen LogP contribution in [0.4, 0.5) is 0 Å². The highest BCUT2D eigenvalue weighted by atomic mass is 16.5. The summed E-state index contributed by atoms with van der Waals surface area (Å²) in [6.07, 6.45) is 4.52. The number of imidazole rings is 1. The molecule has 1 aromatic carbocycles. The minimum Gasteiger partial charge on any atom is -0.494 e. The van der Waals surface area contributed by atoms with Gasteiger partial charge in [-0.1, -0.05) is 6.07 Å². The number of nitrogens with zero attached hydrogens (tertiary/aromatic N) is 2. The largest absolute Gasteiger partial charge is 0.494 e. The fourth-order valence-electron chi connectivity index (χ4n) is 2.36. The molecule has 22 heavy (non-hydrogen) atoms. The Morgan fingerprint density at radius 1 is 1.27 bits per heavy atom. The van der Waals surface area contributed by atoms with E-state index in [1.54, 1.807) is 6.20 Å². The second-order valence-electron chi connectivity index (χ2n) is 5.08. The van der Waals surface area contributed by atoms with Crippen molar-refractivity contribution in [2.45, 2.75) is 19.9 Å². The molecule has 0 aliphatic carbocycles. The second kappa shape index (κ2) is 7.04. The molecular formula is C17H20N4O. The summed E-state index contributed by atoms with van der Waals surface area (Å²) in [6, 6.07) is 9.96. The average Bonchev–Trinajstić information content (AvgIpc) is 2.95. The van der Waals surface area contributed by atoms with Crippen molar-refractivity contribution in [1.29, 1.82) is 0 Å². The minimum absolute atomic E-state index is 0.671. The molecule has 2 aromatic heterocycles. The van der Waals surface area contributed by atoms with Crippen LogP contribution in [0.1, 0.15) is 18.3 Å². The molecule has 5 nitrogen and oxygen atoms in total. The van der Waals surface area contributed by atoms with E-state index in [0.29, 0.717) is 6.61 Å². The van der Waals surface area contributed by atoms with Crippen molar-refractivity contribution in [3.8, 4) is 5.75 Å². The number of hydrogen-bond donors (Lipinski definition) is 2. The van der Waals surface area contributed by atoms with Crippen LogP contribution in [0.15, 0.2) is 42.7 Å². The molecule has 0 aliphatic heterocycles. The fourth-order valence-corrected chi connectivity index (χ4v) is 2.36. The summed E-state index contributed by atoms with van der Waals surface area (Å²) in [5.74, 6) is 1.86. The predicted octanol–water partition coefficient (Wildman–Crippen LogP) is 2.69. The fraction of sp³-hybridized carbons (Fsp3) is 0.294. The molecule has 0 saturated heterocycles. The van der Waals surface area contributed by atoms with Crippen LogP contribution in [0.5, 0.6) is 5.75 Å². The lowest BCUT2D eigenvalue weighted by Gasteiger charge is -2.02. The summed E-state index contributed by atoms with van der Waals surface area (Å²) in [5.41, 5.74) is 3.19. The zero-order valence-corrected chi connectivity index (χ0v) is 12.7. The monoisotopic (exact) mass is 296 g/mol. The lowest BCUT2D eigenvalue weighted by molar-refractivity contribution is 0.340. The first-order chi connectivity index (χ1) is 10.8. The van der Waals surface area contributed by atoms with Gasteiger partial charge in [0.05, 0.1) is 17.6 Å². The van der Waals surface area contributed by atoms with Crippen LogP contribution in [-0.4, -0.2) is 28.1 Å². The Labute approximate surface area is 129 Å². The molecule has 0 saturated carbocycles. The molecule has 114 valence electrons. The van der Waals surface area contributed by atoms with E-state index in [4.69, 9.17) is 4.74 Å². The highest BCUT2D eigenvalue weighted by molar-refractivity contribution is 5.76. The second-order valence-corrected chi connectivity index (χ2v) is 5.08. The number of rotatable bonds is 7. The molecular weight excluding hydrogens is 276 g/mol.